The molecular formula is C14H27NO. The first-order chi connectivity index (χ1) is 7.66. The largest absolute Gasteiger partial charge is 0.371 e. The van der Waals surface area contributed by atoms with E-state index in [1.807, 2.05) is 0 Å². The summed E-state index contributed by atoms with van der Waals surface area (Å²) in [5.41, 5.74) is 0.121. The van der Waals surface area contributed by atoms with E-state index in [-0.39, 0.29) is 5.60 Å². The Morgan fingerprint density at radius 1 is 1.06 bits per heavy atom. The molecule has 1 aliphatic heterocycles. The molecule has 0 radical (unpaired) electrons. The molecule has 1 unspecified atom stereocenters. The van der Waals surface area contributed by atoms with Crippen molar-refractivity contribution >= 4 is 0 Å². The van der Waals surface area contributed by atoms with Gasteiger partial charge in [0.05, 0.1) is 11.7 Å². The molecule has 0 aromatic rings. The van der Waals surface area contributed by atoms with E-state index in [2.05, 4.69) is 19.2 Å². The van der Waals surface area contributed by atoms with Crippen LogP contribution in [0.5, 0.6) is 0 Å². The van der Waals surface area contributed by atoms with Gasteiger partial charge in [0.15, 0.2) is 0 Å². The van der Waals surface area contributed by atoms with Crippen LogP contribution in [0, 0.1) is 0 Å². The first kappa shape index (κ1) is 12.4. The smallest absolute Gasteiger partial charge is 0.0707 e. The van der Waals surface area contributed by atoms with E-state index in [0.717, 1.165) is 12.6 Å². The van der Waals surface area contributed by atoms with Crippen LogP contribution in [0.15, 0.2) is 0 Å². The quantitative estimate of drug-likeness (QED) is 0.744. The molecule has 0 amide bonds. The van der Waals surface area contributed by atoms with Crippen LogP contribution >= 0.6 is 0 Å². The number of hydrogen-bond donors (Lipinski definition) is 1. The van der Waals surface area contributed by atoms with Crippen molar-refractivity contribution in [2.24, 2.45) is 0 Å². The minimum absolute atomic E-state index is 0.121. The summed E-state index contributed by atoms with van der Waals surface area (Å²) in [5.74, 6) is 0. The molecule has 0 aromatic heterocycles. The highest BCUT2D eigenvalue weighted by Crippen LogP contribution is 2.29. The number of hydrogen-bond acceptors (Lipinski definition) is 2. The lowest BCUT2D eigenvalue weighted by Crippen LogP contribution is -2.36. The number of ether oxygens (including phenoxy) is 1. The van der Waals surface area contributed by atoms with Gasteiger partial charge in [0.25, 0.3) is 0 Å². The monoisotopic (exact) mass is 225 g/mol. The van der Waals surface area contributed by atoms with Gasteiger partial charge in [0.2, 0.25) is 0 Å². The molecule has 16 heavy (non-hydrogen) atoms. The molecule has 1 heterocycles. The van der Waals surface area contributed by atoms with E-state index < -0.39 is 0 Å². The van der Waals surface area contributed by atoms with Gasteiger partial charge in [0.1, 0.15) is 0 Å². The Balaban J connectivity index is 1.67. The Morgan fingerprint density at radius 2 is 1.75 bits per heavy atom. The average Bonchev–Trinajstić information content (AvgIpc) is 2.47. The standard InChI is InChI=1S/C14H27NO/c1-14(2)10-9-13(16-14)11-15-12-7-5-3-4-6-8-12/h12-13,15H,3-11H2,1-2H3. The van der Waals surface area contributed by atoms with E-state index in [1.165, 1.54) is 51.4 Å². The van der Waals surface area contributed by atoms with E-state index in [4.69, 9.17) is 4.74 Å². The van der Waals surface area contributed by atoms with Crippen molar-refractivity contribution in [3.8, 4) is 0 Å². The molecule has 1 atom stereocenters. The van der Waals surface area contributed by atoms with Crippen LogP contribution < -0.4 is 5.32 Å². The summed E-state index contributed by atoms with van der Waals surface area (Å²) in [6, 6.07) is 0.759. The van der Waals surface area contributed by atoms with Gasteiger partial charge in [-0.05, 0) is 39.5 Å². The van der Waals surface area contributed by atoms with E-state index in [1.54, 1.807) is 0 Å². The van der Waals surface area contributed by atoms with E-state index >= 15 is 0 Å². The Morgan fingerprint density at radius 3 is 2.31 bits per heavy atom. The van der Waals surface area contributed by atoms with Gasteiger partial charge >= 0.3 is 0 Å². The summed E-state index contributed by atoms with van der Waals surface area (Å²) in [6.45, 7) is 5.48. The number of rotatable bonds is 3. The predicted molar refractivity (Wildman–Crippen MR) is 67.7 cm³/mol. The second-order valence-corrected chi connectivity index (χ2v) is 6.13. The van der Waals surface area contributed by atoms with Crippen LogP contribution in [0.4, 0.5) is 0 Å². The summed E-state index contributed by atoms with van der Waals surface area (Å²) in [4.78, 5) is 0. The molecule has 0 bridgehead atoms. The van der Waals surface area contributed by atoms with Gasteiger partial charge in [-0.1, -0.05) is 25.7 Å². The van der Waals surface area contributed by atoms with Crippen molar-refractivity contribution in [2.75, 3.05) is 6.54 Å². The minimum atomic E-state index is 0.121. The van der Waals surface area contributed by atoms with Crippen LogP contribution in [-0.4, -0.2) is 24.3 Å². The molecule has 1 saturated carbocycles. The highest BCUT2D eigenvalue weighted by molar-refractivity contribution is 4.83. The maximum Gasteiger partial charge on any atom is 0.0707 e. The summed E-state index contributed by atoms with van der Waals surface area (Å²) < 4.78 is 6.01. The van der Waals surface area contributed by atoms with Gasteiger partial charge < -0.3 is 10.1 Å². The zero-order valence-corrected chi connectivity index (χ0v) is 10.9. The Kier molecular flexibility index (Phi) is 4.26. The van der Waals surface area contributed by atoms with Crippen molar-refractivity contribution in [3.05, 3.63) is 0 Å². The van der Waals surface area contributed by atoms with Crippen LogP contribution in [-0.2, 0) is 4.74 Å². The second-order valence-electron chi connectivity index (χ2n) is 6.13. The van der Waals surface area contributed by atoms with E-state index in [0.29, 0.717) is 6.10 Å². The summed E-state index contributed by atoms with van der Waals surface area (Å²) >= 11 is 0. The summed E-state index contributed by atoms with van der Waals surface area (Å²) in [7, 11) is 0. The molecule has 1 saturated heterocycles. The molecule has 2 rings (SSSR count). The first-order valence-corrected chi connectivity index (χ1v) is 7.07. The van der Waals surface area contributed by atoms with Gasteiger partial charge in [-0.3, -0.25) is 0 Å². The van der Waals surface area contributed by atoms with Crippen LogP contribution in [0.25, 0.3) is 0 Å². The van der Waals surface area contributed by atoms with Crippen molar-refractivity contribution in [1.29, 1.82) is 0 Å². The highest BCUT2D eigenvalue weighted by Gasteiger charge is 2.31. The fourth-order valence-corrected chi connectivity index (χ4v) is 3.00. The lowest BCUT2D eigenvalue weighted by atomic mass is 10.1. The molecule has 1 aliphatic carbocycles. The zero-order chi connectivity index (χ0) is 11.4. The van der Waals surface area contributed by atoms with Gasteiger partial charge in [0, 0.05) is 12.6 Å². The first-order valence-electron chi connectivity index (χ1n) is 7.07. The second kappa shape index (κ2) is 5.50. The van der Waals surface area contributed by atoms with Gasteiger partial charge in [-0.25, -0.2) is 0 Å². The molecule has 0 aromatic carbocycles. The lowest BCUT2D eigenvalue weighted by molar-refractivity contribution is -0.0153. The van der Waals surface area contributed by atoms with Crippen LogP contribution in [0.2, 0.25) is 0 Å². The third-order valence-electron chi connectivity index (χ3n) is 4.04. The van der Waals surface area contributed by atoms with Gasteiger partial charge in [-0.2, -0.15) is 0 Å². The Labute approximate surface area is 100 Å². The van der Waals surface area contributed by atoms with Crippen molar-refractivity contribution in [1.82, 2.24) is 5.32 Å². The molecule has 2 nitrogen and oxygen atoms in total. The van der Waals surface area contributed by atoms with Crippen LogP contribution in [0.1, 0.15) is 65.2 Å². The third-order valence-corrected chi connectivity index (χ3v) is 4.04. The number of nitrogens with one attached hydrogen (secondary N) is 1. The van der Waals surface area contributed by atoms with Crippen molar-refractivity contribution in [2.45, 2.75) is 83.0 Å². The van der Waals surface area contributed by atoms with Crippen molar-refractivity contribution in [3.63, 3.8) is 0 Å². The average molecular weight is 225 g/mol. The molecule has 94 valence electrons. The molecule has 2 aliphatic rings. The fourth-order valence-electron chi connectivity index (χ4n) is 3.00. The molecule has 1 N–H and O–H groups in total. The molecule has 2 fully saturated rings. The lowest BCUT2D eigenvalue weighted by Gasteiger charge is -2.22. The normalized spacial score (nSPS) is 31.5. The topological polar surface area (TPSA) is 21.3 Å². The fraction of sp³-hybridized carbons (Fsp3) is 1.00. The van der Waals surface area contributed by atoms with Gasteiger partial charge in [-0.15, -0.1) is 0 Å². The predicted octanol–water partition coefficient (Wildman–Crippen LogP) is 3.26. The molecular weight excluding hydrogens is 198 g/mol. The SMILES string of the molecule is CC1(C)CCC(CNC2CCCCCC2)O1. The van der Waals surface area contributed by atoms with Crippen LogP contribution in [0.3, 0.4) is 0 Å². The maximum absolute atomic E-state index is 6.01. The zero-order valence-electron chi connectivity index (χ0n) is 10.9. The summed E-state index contributed by atoms with van der Waals surface area (Å²) in [5, 5.41) is 3.72. The van der Waals surface area contributed by atoms with Crippen molar-refractivity contribution < 1.29 is 4.74 Å². The molecule has 2 heteroatoms. The highest BCUT2D eigenvalue weighted by atomic mass is 16.5. The maximum atomic E-state index is 6.01. The summed E-state index contributed by atoms with van der Waals surface area (Å²) in [6.07, 6.45) is 11.3. The Hall–Kier alpha value is -0.0800. The third kappa shape index (κ3) is 3.74. The minimum Gasteiger partial charge on any atom is -0.371 e. The molecule has 0 spiro atoms. The van der Waals surface area contributed by atoms with E-state index in [9.17, 15) is 0 Å². The Bertz CT molecular complexity index is 202.